The fraction of sp³-hybridized carbons (Fsp3) is 0.684. The monoisotopic (exact) mass is 340 g/mol. The van der Waals surface area contributed by atoms with Gasteiger partial charge in [0.15, 0.2) is 0 Å². The highest BCUT2D eigenvalue weighted by atomic mass is 19.4. The van der Waals surface area contributed by atoms with E-state index >= 15 is 0 Å². The Balaban J connectivity index is 1.82. The van der Waals surface area contributed by atoms with E-state index in [4.69, 9.17) is 0 Å². The second-order valence-corrected chi connectivity index (χ2v) is 8.16. The Morgan fingerprint density at radius 2 is 1.92 bits per heavy atom. The van der Waals surface area contributed by atoms with E-state index < -0.39 is 24.1 Å². The van der Waals surface area contributed by atoms with Crippen molar-refractivity contribution in [2.45, 2.75) is 57.2 Å². The van der Waals surface area contributed by atoms with Crippen LogP contribution in [-0.2, 0) is 6.42 Å². The maximum atomic E-state index is 13.9. The molecule has 0 radical (unpaired) electrons. The molecule has 1 aromatic carbocycles. The predicted octanol–water partition coefficient (Wildman–Crippen LogP) is 4.40. The predicted molar refractivity (Wildman–Crippen MR) is 83.7 cm³/mol. The van der Waals surface area contributed by atoms with Crippen molar-refractivity contribution >= 4 is 0 Å². The Bertz CT molecular complexity index is 657. The number of rotatable bonds is 0. The number of aliphatic hydroxyl groups excluding tert-OH is 1. The van der Waals surface area contributed by atoms with E-state index in [2.05, 4.69) is 0 Å². The van der Waals surface area contributed by atoms with Crippen molar-refractivity contribution in [3.8, 4) is 5.75 Å². The highest BCUT2D eigenvalue weighted by Gasteiger charge is 2.61. The highest BCUT2D eigenvalue weighted by molar-refractivity contribution is 5.41. The molecule has 5 heteroatoms. The van der Waals surface area contributed by atoms with E-state index in [1.807, 2.05) is 13.0 Å². The zero-order valence-electron chi connectivity index (χ0n) is 13.7. The summed E-state index contributed by atoms with van der Waals surface area (Å²) in [6.45, 7) is 1.98. The van der Waals surface area contributed by atoms with Gasteiger partial charge in [-0.15, -0.1) is 0 Å². The molecule has 3 aliphatic rings. The van der Waals surface area contributed by atoms with Gasteiger partial charge in [0.05, 0.1) is 12.0 Å². The fourth-order valence-electron chi connectivity index (χ4n) is 5.93. The number of phenolic OH excluding ortho intramolecular Hbond substituents is 1. The molecule has 2 nitrogen and oxygen atoms in total. The van der Waals surface area contributed by atoms with Gasteiger partial charge in [-0.2, -0.15) is 13.2 Å². The van der Waals surface area contributed by atoms with Crippen LogP contribution in [0.5, 0.6) is 5.75 Å². The molecule has 24 heavy (non-hydrogen) atoms. The number of alkyl halides is 3. The molecule has 0 amide bonds. The summed E-state index contributed by atoms with van der Waals surface area (Å²) in [5, 5.41) is 20.1. The summed E-state index contributed by atoms with van der Waals surface area (Å²) in [4.78, 5) is 0. The van der Waals surface area contributed by atoms with Crippen molar-refractivity contribution in [3.05, 3.63) is 29.3 Å². The molecule has 2 N–H and O–H groups in total. The first-order valence-corrected chi connectivity index (χ1v) is 8.78. The van der Waals surface area contributed by atoms with Gasteiger partial charge in [-0.25, -0.2) is 0 Å². The minimum Gasteiger partial charge on any atom is -0.508 e. The van der Waals surface area contributed by atoms with Crippen molar-refractivity contribution in [1.82, 2.24) is 0 Å². The summed E-state index contributed by atoms with van der Waals surface area (Å²) in [6, 6.07) is 4.89. The lowest BCUT2D eigenvalue weighted by atomic mass is 9.52. The second kappa shape index (κ2) is 5.13. The first-order chi connectivity index (χ1) is 11.2. The van der Waals surface area contributed by atoms with Crippen LogP contribution in [0.2, 0.25) is 0 Å². The molecule has 3 aliphatic carbocycles. The maximum absolute atomic E-state index is 13.9. The van der Waals surface area contributed by atoms with Crippen LogP contribution in [0.3, 0.4) is 0 Å². The molecule has 132 valence electrons. The van der Waals surface area contributed by atoms with Crippen LogP contribution in [0.25, 0.3) is 0 Å². The van der Waals surface area contributed by atoms with E-state index in [1.54, 1.807) is 6.07 Å². The van der Waals surface area contributed by atoms with Crippen molar-refractivity contribution < 1.29 is 23.4 Å². The maximum Gasteiger partial charge on any atom is 0.392 e. The second-order valence-electron chi connectivity index (χ2n) is 8.16. The third kappa shape index (κ3) is 2.20. The summed E-state index contributed by atoms with van der Waals surface area (Å²) in [5.74, 6) is -2.01. The minimum absolute atomic E-state index is 0.0325. The number of fused-ring (bicyclic) bond motifs is 5. The number of halogens is 3. The molecule has 2 saturated carbocycles. The molecule has 4 rings (SSSR count). The van der Waals surface area contributed by atoms with Crippen molar-refractivity contribution in [2.24, 2.45) is 23.2 Å². The minimum atomic E-state index is -4.25. The smallest absolute Gasteiger partial charge is 0.392 e. The van der Waals surface area contributed by atoms with Gasteiger partial charge in [0.2, 0.25) is 0 Å². The van der Waals surface area contributed by atoms with Crippen LogP contribution >= 0.6 is 0 Å². The highest BCUT2D eigenvalue weighted by Crippen LogP contribution is 2.64. The van der Waals surface area contributed by atoms with Gasteiger partial charge in [0.25, 0.3) is 0 Å². The number of aromatic hydroxyl groups is 1. The standard InChI is InChI=1S/C19H23F3O2/c1-18-7-6-13-12-3-2-11(23)8-10(12)9-15(19(20,21)22)17(13)14(18)4-5-16(18)24/h2-3,8,13-17,23-24H,4-7,9H2,1H3/t13?,14?,15?,16-,17?,18-/m0/s1. The molecule has 4 unspecified atom stereocenters. The SMILES string of the molecule is C[C@]12CCC3c4ccc(O)cc4CC(C(F)(F)F)C3C1CC[C@@H]2O. The van der Waals surface area contributed by atoms with Gasteiger partial charge < -0.3 is 10.2 Å². The van der Waals surface area contributed by atoms with Crippen molar-refractivity contribution in [2.75, 3.05) is 0 Å². The first-order valence-electron chi connectivity index (χ1n) is 8.78. The van der Waals surface area contributed by atoms with Crippen molar-refractivity contribution in [1.29, 1.82) is 0 Å². The van der Waals surface area contributed by atoms with Gasteiger partial charge in [-0.1, -0.05) is 13.0 Å². The van der Waals surface area contributed by atoms with Crippen molar-refractivity contribution in [3.63, 3.8) is 0 Å². The average Bonchev–Trinajstić information content (AvgIpc) is 2.80. The van der Waals surface area contributed by atoms with Crippen LogP contribution in [0.15, 0.2) is 18.2 Å². The molecule has 0 spiro atoms. The number of aliphatic hydroxyl groups is 1. The molecule has 2 fully saturated rings. The lowest BCUT2D eigenvalue weighted by Crippen LogP contribution is -2.50. The van der Waals surface area contributed by atoms with Gasteiger partial charge in [0.1, 0.15) is 5.75 Å². The Kier molecular flexibility index (Phi) is 3.48. The molecule has 1 aromatic rings. The van der Waals surface area contributed by atoms with Crippen LogP contribution in [-0.4, -0.2) is 22.5 Å². The van der Waals surface area contributed by atoms with E-state index in [0.29, 0.717) is 24.8 Å². The Morgan fingerprint density at radius 1 is 1.17 bits per heavy atom. The lowest BCUT2D eigenvalue weighted by molar-refractivity contribution is -0.209. The third-order valence-electron chi connectivity index (χ3n) is 7.13. The zero-order valence-corrected chi connectivity index (χ0v) is 13.7. The van der Waals surface area contributed by atoms with Gasteiger partial charge in [0, 0.05) is 0 Å². The van der Waals surface area contributed by atoms with Crippen LogP contribution in [0.1, 0.15) is 49.7 Å². The normalized spacial score (nSPS) is 41.5. The fourth-order valence-corrected chi connectivity index (χ4v) is 5.93. The Morgan fingerprint density at radius 3 is 2.62 bits per heavy atom. The lowest BCUT2D eigenvalue weighted by Gasteiger charge is -2.53. The Hall–Kier alpha value is -1.23. The van der Waals surface area contributed by atoms with Crippen LogP contribution in [0, 0.1) is 23.2 Å². The number of hydrogen-bond acceptors (Lipinski definition) is 2. The topological polar surface area (TPSA) is 40.5 Å². The summed E-state index contributed by atoms with van der Waals surface area (Å²) in [7, 11) is 0. The summed E-state index contributed by atoms with van der Waals surface area (Å²) in [6.07, 6.45) is -2.06. The van der Waals surface area contributed by atoms with Crippen LogP contribution in [0.4, 0.5) is 13.2 Å². The first kappa shape index (κ1) is 16.2. The molecule has 6 atom stereocenters. The van der Waals surface area contributed by atoms with Gasteiger partial charge in [-0.05, 0) is 78.5 Å². The van der Waals surface area contributed by atoms with Gasteiger partial charge in [-0.3, -0.25) is 0 Å². The Labute approximate surface area is 139 Å². The molecule has 0 aromatic heterocycles. The molecular formula is C19H23F3O2. The molecule has 0 bridgehead atoms. The molecular weight excluding hydrogens is 317 g/mol. The summed E-state index contributed by atoms with van der Waals surface area (Å²) >= 11 is 0. The largest absolute Gasteiger partial charge is 0.508 e. The number of benzene rings is 1. The molecule has 0 saturated heterocycles. The average molecular weight is 340 g/mol. The summed E-state index contributed by atoms with van der Waals surface area (Å²) in [5.41, 5.74) is 1.22. The zero-order chi connectivity index (χ0) is 17.3. The van der Waals surface area contributed by atoms with E-state index in [0.717, 1.165) is 12.0 Å². The van der Waals surface area contributed by atoms with E-state index in [1.165, 1.54) is 6.07 Å². The van der Waals surface area contributed by atoms with Crippen LogP contribution < -0.4 is 0 Å². The summed E-state index contributed by atoms with van der Waals surface area (Å²) < 4.78 is 41.6. The molecule has 0 heterocycles. The van der Waals surface area contributed by atoms with E-state index in [-0.39, 0.29) is 29.4 Å². The number of phenols is 1. The number of hydrogen-bond donors (Lipinski definition) is 2. The third-order valence-corrected chi connectivity index (χ3v) is 7.13. The quantitative estimate of drug-likeness (QED) is 0.735. The van der Waals surface area contributed by atoms with E-state index in [9.17, 15) is 23.4 Å². The van der Waals surface area contributed by atoms with Gasteiger partial charge >= 0.3 is 6.18 Å². The molecule has 0 aliphatic heterocycles.